The first-order valence-electron chi connectivity index (χ1n) is 14.4. The summed E-state index contributed by atoms with van der Waals surface area (Å²) in [5, 5.41) is 26.1. The molecule has 0 bridgehead atoms. The molecule has 3 aliphatic rings. The van der Waals surface area contributed by atoms with Crippen LogP contribution < -0.4 is 20.7 Å². The minimum atomic E-state index is -4.85. The van der Waals surface area contributed by atoms with Gasteiger partial charge in [0, 0.05) is 32.2 Å². The van der Waals surface area contributed by atoms with E-state index in [1.165, 1.54) is 31.1 Å². The van der Waals surface area contributed by atoms with E-state index in [1.54, 1.807) is 25.1 Å². The van der Waals surface area contributed by atoms with Gasteiger partial charge in [0.2, 0.25) is 5.91 Å². The van der Waals surface area contributed by atoms with E-state index in [0.29, 0.717) is 16.8 Å². The normalized spacial score (nSPS) is 27.5. The molecule has 0 aliphatic heterocycles. The van der Waals surface area contributed by atoms with Crippen LogP contribution in [0.2, 0.25) is 0 Å². The maximum atomic E-state index is 14.1. The van der Waals surface area contributed by atoms with Crippen LogP contribution in [-0.2, 0) is 32.1 Å². The van der Waals surface area contributed by atoms with Crippen molar-refractivity contribution < 1.29 is 52.1 Å². The van der Waals surface area contributed by atoms with Gasteiger partial charge in [-0.2, -0.15) is 0 Å². The molecule has 0 heterocycles. The molecule has 12 nitrogen and oxygen atoms in total. The Bertz CT molecular complexity index is 1640. The van der Waals surface area contributed by atoms with Crippen LogP contribution in [0.1, 0.15) is 27.9 Å². The largest absolute Gasteiger partial charge is 0.573 e. The number of carbonyl (C=O) groups is 5. The molecule has 5 N–H and O–H groups in total. The Labute approximate surface area is 261 Å². The molecule has 46 heavy (non-hydrogen) atoms. The molecule has 0 spiro atoms. The summed E-state index contributed by atoms with van der Waals surface area (Å²) in [5.74, 6) is -12.0. The number of rotatable bonds is 7. The van der Waals surface area contributed by atoms with E-state index >= 15 is 0 Å². The zero-order valence-electron chi connectivity index (χ0n) is 25.3. The minimum absolute atomic E-state index is 0.0229. The van der Waals surface area contributed by atoms with Crippen LogP contribution >= 0.6 is 0 Å². The predicted molar refractivity (Wildman–Crippen MR) is 156 cm³/mol. The SMILES string of the molecule is CN(C)c1cc(NCc2ccc(OC(F)(F)F)cc2)c(O)c2c1C[C@H]1C[C@H]3[C@H](N(C)C)C(=O)C(C(N)=O)C(=O)[C@@]3(O)C(=O)C1C2=O. The summed E-state index contributed by atoms with van der Waals surface area (Å²) in [6.45, 7) is 0.0229. The number of carbonyl (C=O) groups excluding carboxylic acids is 5. The number of nitrogens with two attached hydrogens (primary N) is 1. The molecule has 2 fully saturated rings. The number of hydrogen-bond acceptors (Lipinski definition) is 11. The molecule has 5 rings (SSSR count). The van der Waals surface area contributed by atoms with Gasteiger partial charge in [-0.05, 0) is 62.2 Å². The van der Waals surface area contributed by atoms with Gasteiger partial charge in [-0.15, -0.1) is 13.2 Å². The molecule has 0 saturated heterocycles. The molecule has 6 atom stereocenters. The smallest absolute Gasteiger partial charge is 0.505 e. The molecule has 0 aromatic heterocycles. The average molecular weight is 647 g/mol. The molecular formula is C31H33F3N4O8. The topological polar surface area (TPSA) is 180 Å². The Morgan fingerprint density at radius 3 is 2.26 bits per heavy atom. The number of halogens is 3. The third-order valence-electron chi connectivity index (χ3n) is 9.16. The van der Waals surface area contributed by atoms with Crippen LogP contribution in [0.25, 0.3) is 0 Å². The van der Waals surface area contributed by atoms with Crippen molar-refractivity contribution in [2.75, 3.05) is 38.4 Å². The number of amides is 1. The van der Waals surface area contributed by atoms with Gasteiger partial charge in [0.25, 0.3) is 0 Å². The van der Waals surface area contributed by atoms with Crippen molar-refractivity contribution in [1.82, 2.24) is 4.90 Å². The Morgan fingerprint density at radius 2 is 1.72 bits per heavy atom. The number of ketones is 4. The first-order chi connectivity index (χ1) is 21.4. The number of likely N-dealkylation sites (N-methyl/N-ethyl adjacent to an activating group) is 1. The van der Waals surface area contributed by atoms with Crippen molar-refractivity contribution in [3.63, 3.8) is 0 Å². The predicted octanol–water partition coefficient (Wildman–Crippen LogP) is 1.44. The number of phenols is 1. The van der Waals surface area contributed by atoms with Gasteiger partial charge in [-0.1, -0.05) is 12.1 Å². The fraction of sp³-hybridized carbons (Fsp3) is 0.452. The number of aliphatic hydroxyl groups is 1. The summed E-state index contributed by atoms with van der Waals surface area (Å²) in [4.78, 5) is 70.2. The van der Waals surface area contributed by atoms with E-state index in [4.69, 9.17) is 5.73 Å². The van der Waals surface area contributed by atoms with Gasteiger partial charge in [-0.25, -0.2) is 0 Å². The molecule has 246 valence electrons. The van der Waals surface area contributed by atoms with Crippen molar-refractivity contribution in [3.05, 3.63) is 47.0 Å². The summed E-state index contributed by atoms with van der Waals surface area (Å²) >= 11 is 0. The molecule has 3 aliphatic carbocycles. The monoisotopic (exact) mass is 646 g/mol. The highest BCUT2D eigenvalue weighted by Gasteiger charge is 2.69. The number of Topliss-reactive ketones (excluding diaryl/α,β-unsaturated/α-hetero) is 4. The fourth-order valence-corrected chi connectivity index (χ4v) is 7.19. The van der Waals surface area contributed by atoms with Crippen molar-refractivity contribution in [2.24, 2.45) is 29.4 Å². The van der Waals surface area contributed by atoms with Crippen LogP contribution in [0.5, 0.6) is 11.5 Å². The van der Waals surface area contributed by atoms with E-state index in [-0.39, 0.29) is 30.6 Å². The second-order valence-corrected chi connectivity index (χ2v) is 12.4. The van der Waals surface area contributed by atoms with Gasteiger partial charge in [-0.3, -0.25) is 28.9 Å². The third kappa shape index (κ3) is 5.26. The number of nitrogens with zero attached hydrogens (tertiary/aromatic N) is 2. The molecule has 2 saturated carbocycles. The van der Waals surface area contributed by atoms with Gasteiger partial charge in [0.15, 0.2) is 34.7 Å². The zero-order valence-corrected chi connectivity index (χ0v) is 25.3. The highest BCUT2D eigenvalue weighted by atomic mass is 19.4. The lowest BCUT2D eigenvalue weighted by Crippen LogP contribution is -2.74. The maximum Gasteiger partial charge on any atom is 0.573 e. The van der Waals surface area contributed by atoms with Crippen LogP contribution in [0.15, 0.2) is 30.3 Å². The fourth-order valence-electron chi connectivity index (χ4n) is 7.19. The van der Waals surface area contributed by atoms with E-state index < -0.39 is 82.2 Å². The van der Waals surface area contributed by atoms with Crippen molar-refractivity contribution in [1.29, 1.82) is 0 Å². The molecule has 2 aromatic carbocycles. The number of primary amides is 1. The average Bonchev–Trinajstić information content (AvgIpc) is 2.94. The van der Waals surface area contributed by atoms with E-state index in [0.717, 1.165) is 12.1 Å². The Kier molecular flexibility index (Phi) is 8.14. The number of anilines is 2. The van der Waals surface area contributed by atoms with Crippen molar-refractivity contribution in [3.8, 4) is 11.5 Å². The van der Waals surface area contributed by atoms with E-state index in [2.05, 4.69) is 10.1 Å². The van der Waals surface area contributed by atoms with Gasteiger partial charge in [0.05, 0.1) is 23.2 Å². The highest BCUT2D eigenvalue weighted by molar-refractivity contribution is 6.32. The maximum absolute atomic E-state index is 14.1. The summed E-state index contributed by atoms with van der Waals surface area (Å²) in [6, 6.07) is 5.42. The Hall–Kier alpha value is -4.50. The molecule has 15 heteroatoms. The number of ether oxygens (including phenoxy) is 1. The molecule has 1 amide bonds. The lowest BCUT2D eigenvalue weighted by Gasteiger charge is -2.52. The number of nitrogens with one attached hydrogen (secondary N) is 1. The second kappa shape index (κ2) is 11.4. The van der Waals surface area contributed by atoms with Crippen LogP contribution in [0.3, 0.4) is 0 Å². The minimum Gasteiger partial charge on any atom is -0.505 e. The number of aromatic hydroxyl groups is 1. The van der Waals surface area contributed by atoms with E-state index in [1.807, 2.05) is 0 Å². The van der Waals surface area contributed by atoms with Gasteiger partial charge >= 0.3 is 6.36 Å². The molecule has 2 unspecified atom stereocenters. The summed E-state index contributed by atoms with van der Waals surface area (Å²) in [7, 11) is 6.44. The first-order valence-corrected chi connectivity index (χ1v) is 14.4. The molecule has 0 radical (unpaired) electrons. The number of alkyl halides is 3. The van der Waals surface area contributed by atoms with Crippen LogP contribution in [0.4, 0.5) is 24.5 Å². The zero-order chi connectivity index (χ0) is 34.0. The second-order valence-electron chi connectivity index (χ2n) is 12.4. The van der Waals surface area contributed by atoms with Crippen molar-refractivity contribution >= 4 is 40.4 Å². The number of hydrogen-bond donors (Lipinski definition) is 4. The Morgan fingerprint density at radius 1 is 1.09 bits per heavy atom. The molecule has 2 aromatic rings. The van der Waals surface area contributed by atoms with Gasteiger partial charge in [0.1, 0.15) is 11.5 Å². The number of phenolic OH excluding ortho intramolecular Hbond substituents is 1. The lowest BCUT2D eigenvalue weighted by atomic mass is 9.52. The van der Waals surface area contributed by atoms with Crippen LogP contribution in [-0.4, -0.2) is 90.3 Å². The standard InChI is InChI=1S/C31H33F3N4O8/c1-37(2)19-11-18(36-12-13-5-7-15(8-6-13)46-31(32,33)34)24(39)21-16(19)9-14-10-17-23(38(3)4)26(41)22(29(35)44)28(43)30(17,45)27(42)20(14)25(21)40/h5-8,11,14,17,20,22-23,36,39,45H,9-10,12H2,1-4H3,(H2,35,44)/t14-,17-,20?,22?,23-,30-/m0/s1. The summed E-state index contributed by atoms with van der Waals surface area (Å²) in [6.07, 6.45) is -4.84. The highest BCUT2D eigenvalue weighted by Crippen LogP contribution is 2.52. The first kappa shape index (κ1) is 32.9. The Balaban J connectivity index is 1.52. The summed E-state index contributed by atoms with van der Waals surface area (Å²) < 4.78 is 41.4. The number of benzene rings is 2. The summed E-state index contributed by atoms with van der Waals surface area (Å²) in [5.41, 5.74) is 3.89. The van der Waals surface area contributed by atoms with Gasteiger partial charge < -0.3 is 30.9 Å². The van der Waals surface area contributed by atoms with Crippen molar-refractivity contribution in [2.45, 2.75) is 37.4 Å². The number of fused-ring (bicyclic) bond motifs is 3. The third-order valence-corrected chi connectivity index (χ3v) is 9.16. The van der Waals surface area contributed by atoms with Crippen LogP contribution in [0, 0.1) is 23.7 Å². The molecular weight excluding hydrogens is 613 g/mol. The quantitative estimate of drug-likeness (QED) is 0.253. The lowest BCUT2D eigenvalue weighted by molar-refractivity contribution is -0.274. The van der Waals surface area contributed by atoms with E-state index in [9.17, 15) is 47.4 Å².